The smallest absolute Gasteiger partial charge is 0.243 e. The Morgan fingerprint density at radius 3 is 1.67 bits per heavy atom. The van der Waals surface area contributed by atoms with Crippen molar-refractivity contribution in [2.75, 3.05) is 16.0 Å². The van der Waals surface area contributed by atoms with Gasteiger partial charge < -0.3 is 16.0 Å². The van der Waals surface area contributed by atoms with E-state index in [4.69, 9.17) is 5.21 Å². The average Bonchev–Trinajstić information content (AvgIpc) is 3.05. The van der Waals surface area contributed by atoms with Crippen LogP contribution in [0.3, 0.4) is 0 Å². The molecule has 0 aliphatic carbocycles. The van der Waals surface area contributed by atoms with Crippen LogP contribution in [0.15, 0.2) is 109 Å². The maximum absolute atomic E-state index is 14.0. The summed E-state index contributed by atoms with van der Waals surface area (Å²) in [5, 5.41) is 21.3. The third-order valence-electron chi connectivity index (χ3n) is 8.35. The molecule has 9 heteroatoms. The van der Waals surface area contributed by atoms with Crippen LogP contribution >= 0.6 is 0 Å². The van der Waals surface area contributed by atoms with Gasteiger partial charge in [-0.2, -0.15) is 0 Å². The Morgan fingerprint density at radius 1 is 0.646 bits per heavy atom. The molecule has 48 heavy (non-hydrogen) atoms. The van der Waals surface area contributed by atoms with Gasteiger partial charge in [-0.1, -0.05) is 106 Å². The number of nitrogens with one attached hydrogen (secondary N) is 4. The topological polar surface area (TPSA) is 137 Å². The molecule has 0 aliphatic heterocycles. The Balaban J connectivity index is 1.36. The molecule has 0 fully saturated rings. The number of amides is 4. The molecule has 1 atom stereocenters. The van der Waals surface area contributed by atoms with Gasteiger partial charge in [0.1, 0.15) is 5.92 Å². The maximum atomic E-state index is 14.0. The van der Waals surface area contributed by atoms with Gasteiger partial charge in [0.15, 0.2) is 0 Å². The van der Waals surface area contributed by atoms with Crippen molar-refractivity contribution in [3.63, 3.8) is 0 Å². The van der Waals surface area contributed by atoms with Crippen LogP contribution < -0.4 is 21.4 Å². The van der Waals surface area contributed by atoms with E-state index >= 15 is 0 Å². The van der Waals surface area contributed by atoms with Gasteiger partial charge in [0.05, 0.1) is 0 Å². The summed E-state index contributed by atoms with van der Waals surface area (Å²) < 4.78 is 0. The predicted molar refractivity (Wildman–Crippen MR) is 190 cm³/mol. The van der Waals surface area contributed by atoms with E-state index in [0.29, 0.717) is 29.0 Å². The minimum atomic E-state index is -1.20. The first-order chi connectivity index (χ1) is 23.0. The first-order valence-electron chi connectivity index (χ1n) is 15.9. The largest absolute Gasteiger partial charge is 0.326 e. The summed E-state index contributed by atoms with van der Waals surface area (Å²) in [6.45, 7) is 5.81. The molecule has 0 spiro atoms. The fraction of sp³-hybridized carbons (Fsp3) is 0.231. The second kappa shape index (κ2) is 14.9. The van der Waals surface area contributed by atoms with E-state index < -0.39 is 29.1 Å². The van der Waals surface area contributed by atoms with Gasteiger partial charge in [0.2, 0.25) is 23.6 Å². The fourth-order valence-electron chi connectivity index (χ4n) is 6.35. The van der Waals surface area contributed by atoms with Gasteiger partial charge in [-0.05, 0) is 58.4 Å². The van der Waals surface area contributed by atoms with Crippen LogP contribution in [0.5, 0.6) is 0 Å². The van der Waals surface area contributed by atoms with E-state index in [0.717, 1.165) is 21.5 Å². The van der Waals surface area contributed by atoms with Crippen molar-refractivity contribution < 1.29 is 24.4 Å². The minimum absolute atomic E-state index is 0.0313. The number of hydrogen-bond acceptors (Lipinski definition) is 5. The second-order valence-corrected chi connectivity index (χ2v) is 13.0. The van der Waals surface area contributed by atoms with Crippen LogP contribution in [0.2, 0.25) is 0 Å². The number of rotatable bonds is 12. The van der Waals surface area contributed by atoms with Crippen molar-refractivity contribution in [2.45, 2.75) is 46.0 Å². The van der Waals surface area contributed by atoms with Gasteiger partial charge in [0.25, 0.3) is 0 Å². The van der Waals surface area contributed by atoms with Crippen LogP contribution in [-0.4, -0.2) is 28.8 Å². The van der Waals surface area contributed by atoms with Crippen LogP contribution in [0.1, 0.15) is 51.5 Å². The zero-order valence-electron chi connectivity index (χ0n) is 27.2. The number of hydroxylamine groups is 1. The third-order valence-corrected chi connectivity index (χ3v) is 8.35. The Hall–Kier alpha value is -5.54. The highest BCUT2D eigenvalue weighted by Crippen LogP contribution is 2.32. The third kappa shape index (κ3) is 8.43. The molecular formula is C39H40N4O5. The number of anilines is 3. The van der Waals surface area contributed by atoms with Crippen LogP contribution in [-0.2, 0) is 19.2 Å². The van der Waals surface area contributed by atoms with E-state index in [1.165, 1.54) is 0 Å². The lowest BCUT2D eigenvalue weighted by Gasteiger charge is -2.27. The summed E-state index contributed by atoms with van der Waals surface area (Å²) in [4.78, 5) is 52.4. The second-order valence-electron chi connectivity index (χ2n) is 13.0. The first-order valence-corrected chi connectivity index (χ1v) is 15.9. The predicted octanol–water partition coefficient (Wildman–Crippen LogP) is 7.63. The molecule has 0 radical (unpaired) electrons. The van der Waals surface area contributed by atoms with Crippen LogP contribution in [0, 0.1) is 11.3 Å². The SMILES string of the molecule is CC(CC(=O)NO)CC(C)(C)CC(=O)Nc1ccc(C(C(=O)Nc2cccc3ccccc23)C(=O)Nc2cccc3ccccc23)cc1. The number of fused-ring (bicyclic) bond motifs is 2. The van der Waals surface area contributed by atoms with Crippen molar-refractivity contribution in [3.8, 4) is 0 Å². The van der Waals surface area contributed by atoms with Crippen LogP contribution in [0.25, 0.3) is 21.5 Å². The number of carbonyl (C=O) groups is 4. The lowest BCUT2D eigenvalue weighted by molar-refractivity contribution is -0.130. The molecular weight excluding hydrogens is 604 g/mol. The number of benzene rings is 5. The number of carbonyl (C=O) groups excluding carboxylic acids is 4. The molecule has 5 N–H and O–H groups in total. The lowest BCUT2D eigenvalue weighted by Crippen LogP contribution is -2.32. The Labute approximate surface area is 279 Å². The quantitative estimate of drug-likeness (QED) is 0.0540. The summed E-state index contributed by atoms with van der Waals surface area (Å²) in [6.07, 6.45) is 0.974. The fourth-order valence-corrected chi connectivity index (χ4v) is 6.35. The van der Waals surface area contributed by atoms with Gasteiger partial charge in [-0.25, -0.2) is 5.48 Å². The highest BCUT2D eigenvalue weighted by molar-refractivity contribution is 6.18. The molecule has 5 rings (SSSR count). The zero-order valence-corrected chi connectivity index (χ0v) is 27.2. The van der Waals surface area contributed by atoms with E-state index in [-0.39, 0.29) is 24.7 Å². The van der Waals surface area contributed by atoms with Crippen LogP contribution in [0.4, 0.5) is 17.1 Å². The highest BCUT2D eigenvalue weighted by Gasteiger charge is 2.30. The van der Waals surface area contributed by atoms with Gasteiger partial charge in [-0.3, -0.25) is 24.4 Å². The molecule has 0 bridgehead atoms. The van der Waals surface area contributed by atoms with E-state index in [1.54, 1.807) is 29.7 Å². The van der Waals surface area contributed by atoms with Crippen molar-refractivity contribution in [1.29, 1.82) is 0 Å². The molecule has 246 valence electrons. The minimum Gasteiger partial charge on any atom is -0.326 e. The molecule has 0 saturated heterocycles. The van der Waals surface area contributed by atoms with Crippen molar-refractivity contribution in [2.24, 2.45) is 11.3 Å². The zero-order chi connectivity index (χ0) is 34.3. The summed E-state index contributed by atoms with van der Waals surface area (Å²) in [6, 6.07) is 33.3. The molecule has 1 unspecified atom stereocenters. The first kappa shape index (κ1) is 33.8. The van der Waals surface area contributed by atoms with Gasteiger partial charge >= 0.3 is 0 Å². The lowest BCUT2D eigenvalue weighted by atomic mass is 9.79. The Morgan fingerprint density at radius 2 is 1.15 bits per heavy atom. The Bertz CT molecular complexity index is 1850. The molecule has 5 aromatic rings. The Kier molecular flexibility index (Phi) is 10.5. The molecule has 5 aromatic carbocycles. The van der Waals surface area contributed by atoms with Crippen molar-refractivity contribution >= 4 is 62.2 Å². The van der Waals surface area contributed by atoms with Gasteiger partial charge in [-0.15, -0.1) is 0 Å². The summed E-state index contributed by atoms with van der Waals surface area (Å²) in [7, 11) is 0. The molecule has 0 aliphatic rings. The van der Waals surface area contributed by atoms with E-state index in [2.05, 4.69) is 16.0 Å². The standard InChI is InChI=1S/C39H40N4O5/c1-25(22-34(44)43-48)23-39(2,3)24-35(45)40-29-20-18-28(19-21-29)36(37(46)41-32-16-8-12-26-10-4-6-14-30(26)32)38(47)42-33-17-9-13-27-11-5-7-15-31(27)33/h4-21,25,36,48H,22-24H2,1-3H3,(H,40,45)(H,41,46)(H,42,47)(H,43,44). The summed E-state index contributed by atoms with van der Waals surface area (Å²) in [5.74, 6) is -2.89. The number of hydrogen-bond donors (Lipinski definition) is 5. The summed E-state index contributed by atoms with van der Waals surface area (Å²) >= 11 is 0. The van der Waals surface area contributed by atoms with Gasteiger partial charge in [0, 0.05) is 40.7 Å². The molecule has 0 saturated carbocycles. The van der Waals surface area contributed by atoms with E-state index in [1.807, 2.05) is 106 Å². The normalized spacial score (nSPS) is 12.0. The molecule has 0 aromatic heterocycles. The van der Waals surface area contributed by atoms with Crippen molar-refractivity contribution in [1.82, 2.24) is 5.48 Å². The highest BCUT2D eigenvalue weighted by atomic mass is 16.5. The average molecular weight is 645 g/mol. The van der Waals surface area contributed by atoms with Crippen molar-refractivity contribution in [3.05, 3.63) is 115 Å². The maximum Gasteiger partial charge on any atom is 0.243 e. The molecule has 9 nitrogen and oxygen atoms in total. The van der Waals surface area contributed by atoms with E-state index in [9.17, 15) is 19.2 Å². The summed E-state index contributed by atoms with van der Waals surface area (Å²) in [5.41, 5.74) is 3.43. The molecule has 0 heterocycles. The monoisotopic (exact) mass is 644 g/mol. The molecule has 4 amide bonds.